The molecule has 0 radical (unpaired) electrons. The van der Waals surface area contributed by atoms with Crippen LogP contribution in [0.1, 0.15) is 27.2 Å². The first kappa shape index (κ1) is 19.6. The normalized spacial score (nSPS) is 16.2. The molecule has 6 nitrogen and oxygen atoms in total. The predicted octanol–water partition coefficient (Wildman–Crippen LogP) is 4.57. The first-order valence-corrected chi connectivity index (χ1v) is 9.32. The van der Waals surface area contributed by atoms with Gasteiger partial charge >= 0.3 is 6.09 Å². The topological polar surface area (TPSA) is 66.8 Å². The van der Waals surface area contributed by atoms with Crippen molar-refractivity contribution in [2.45, 2.75) is 32.8 Å². The number of hydrogen-bond acceptors (Lipinski definition) is 5. The lowest BCUT2D eigenvalue weighted by Gasteiger charge is -2.30. The molecule has 3 rings (SSSR count). The van der Waals surface area contributed by atoms with E-state index in [9.17, 15) is 4.79 Å². The molecule has 0 saturated carbocycles. The molecule has 1 amide bonds. The van der Waals surface area contributed by atoms with E-state index in [-0.39, 0.29) is 0 Å². The minimum Gasteiger partial charge on any atom is -0.442 e. The average molecular weight is 378 g/mol. The van der Waals surface area contributed by atoms with Crippen molar-refractivity contribution in [1.29, 1.82) is 0 Å². The second kappa shape index (κ2) is 7.87. The quantitative estimate of drug-likeness (QED) is 0.775. The lowest BCUT2D eigenvalue weighted by atomic mass is 10.0. The first-order valence-electron chi connectivity index (χ1n) is 9.32. The van der Waals surface area contributed by atoms with Gasteiger partial charge in [-0.1, -0.05) is 6.58 Å². The van der Waals surface area contributed by atoms with E-state index in [2.05, 4.69) is 44.6 Å². The highest BCUT2D eigenvalue weighted by atomic mass is 16.6. The van der Waals surface area contributed by atoms with Gasteiger partial charge in [0.25, 0.3) is 0 Å². The van der Waals surface area contributed by atoms with Crippen molar-refractivity contribution in [3.05, 3.63) is 48.3 Å². The zero-order valence-electron chi connectivity index (χ0n) is 16.9. The van der Waals surface area contributed by atoms with Gasteiger partial charge in [0.2, 0.25) is 0 Å². The maximum atomic E-state index is 12.1. The highest BCUT2D eigenvalue weighted by Gasteiger charge is 2.24. The summed E-state index contributed by atoms with van der Waals surface area (Å²) in [6, 6.07) is 8.22. The molecule has 0 bridgehead atoms. The third-order valence-electron chi connectivity index (χ3n) is 4.48. The minimum absolute atomic E-state index is 0.547. The molecule has 0 spiro atoms. The number of aromatic nitrogens is 1. The van der Waals surface area contributed by atoms with E-state index in [1.807, 2.05) is 46.1 Å². The Morgan fingerprint density at radius 3 is 2.82 bits per heavy atom. The van der Waals surface area contributed by atoms with Crippen molar-refractivity contribution in [1.82, 2.24) is 4.98 Å². The molecule has 0 unspecified atom stereocenters. The van der Waals surface area contributed by atoms with Gasteiger partial charge < -0.3 is 15.0 Å². The average Bonchev–Trinajstić information content (AvgIpc) is 2.65. The van der Waals surface area contributed by atoms with Crippen molar-refractivity contribution >= 4 is 34.1 Å². The molecule has 2 aromatic rings. The Morgan fingerprint density at radius 1 is 1.36 bits per heavy atom. The summed E-state index contributed by atoms with van der Waals surface area (Å²) < 4.78 is 5.30. The van der Waals surface area contributed by atoms with Gasteiger partial charge in [-0.25, -0.2) is 9.78 Å². The van der Waals surface area contributed by atoms with Crippen LogP contribution in [0.3, 0.4) is 0 Å². The maximum absolute atomic E-state index is 12.1. The van der Waals surface area contributed by atoms with E-state index in [1.54, 1.807) is 0 Å². The van der Waals surface area contributed by atoms with Crippen molar-refractivity contribution < 1.29 is 9.53 Å². The van der Waals surface area contributed by atoms with Crippen LogP contribution >= 0.6 is 0 Å². The Morgan fingerprint density at radius 2 is 2.14 bits per heavy atom. The second-order valence-corrected chi connectivity index (χ2v) is 7.69. The number of nitrogens with zero attached hydrogens (tertiary/aromatic N) is 3. The number of aliphatic imine (C=N–C) groups is 1. The first-order chi connectivity index (χ1) is 13.3. The molecule has 0 atom stereocenters. The van der Waals surface area contributed by atoms with Crippen LogP contribution < -0.4 is 10.2 Å². The number of nitrogens with one attached hydrogen (secondary N) is 1. The van der Waals surface area contributed by atoms with Crippen LogP contribution in [0.2, 0.25) is 0 Å². The number of benzene rings is 1. The van der Waals surface area contributed by atoms with Crippen LogP contribution in [0.25, 0.3) is 10.8 Å². The van der Waals surface area contributed by atoms with Crippen LogP contribution in [-0.4, -0.2) is 42.5 Å². The molecule has 1 aromatic heterocycles. The van der Waals surface area contributed by atoms with E-state index in [0.29, 0.717) is 25.2 Å². The number of carbonyl (C=O) groups excluding carboxylic acids is 1. The number of hydrogen-bond donors (Lipinski definition) is 1. The van der Waals surface area contributed by atoms with Crippen LogP contribution in [0.15, 0.2) is 53.3 Å². The molecule has 1 aliphatic heterocycles. The molecule has 1 saturated heterocycles. The fourth-order valence-corrected chi connectivity index (χ4v) is 3.18. The number of piperidine rings is 1. The van der Waals surface area contributed by atoms with Crippen molar-refractivity contribution in [3.63, 3.8) is 0 Å². The fourth-order valence-electron chi connectivity index (χ4n) is 3.18. The summed E-state index contributed by atoms with van der Waals surface area (Å²) in [5, 5.41) is 5.36. The highest BCUT2D eigenvalue weighted by molar-refractivity contribution is 6.07. The Labute approximate surface area is 165 Å². The number of anilines is 2. The number of fused-ring (bicyclic) bond motifs is 1. The van der Waals surface area contributed by atoms with Gasteiger partial charge in [-0.05, 0) is 50.4 Å². The van der Waals surface area contributed by atoms with Gasteiger partial charge in [0.05, 0.1) is 12.3 Å². The van der Waals surface area contributed by atoms with E-state index in [0.717, 1.165) is 27.9 Å². The standard InChI is InChI=1S/C22H26N4O2/c1-6-15-14-26(12-10-19(15)25-21(27)28-22(2,3)4)20-18-8-7-17(23-5)13-16(18)9-11-24-20/h7-9,11,13,23H,1,10,12,14H2,2-5H3/b25-19+. The third kappa shape index (κ3) is 4.41. The Bertz CT molecular complexity index is 982. The summed E-state index contributed by atoms with van der Waals surface area (Å²) in [6.07, 6.45) is 1.84. The molecule has 0 aliphatic carbocycles. The van der Waals surface area contributed by atoms with Gasteiger partial charge in [-0.15, -0.1) is 5.73 Å². The monoisotopic (exact) mass is 378 g/mol. The van der Waals surface area contributed by atoms with Crippen LogP contribution in [0, 0.1) is 0 Å². The molecule has 6 heteroatoms. The molecular formula is C22H26N4O2. The highest BCUT2D eigenvalue weighted by Crippen LogP contribution is 2.29. The molecular weight excluding hydrogens is 352 g/mol. The van der Waals surface area contributed by atoms with Gasteiger partial charge in [0, 0.05) is 42.9 Å². The van der Waals surface area contributed by atoms with Crippen molar-refractivity contribution in [3.8, 4) is 0 Å². The van der Waals surface area contributed by atoms with Gasteiger partial charge in [0.1, 0.15) is 11.4 Å². The summed E-state index contributed by atoms with van der Waals surface area (Å²) in [4.78, 5) is 23.0. The third-order valence-corrected chi connectivity index (χ3v) is 4.48. The molecule has 1 aromatic carbocycles. The zero-order valence-corrected chi connectivity index (χ0v) is 16.9. The smallest absolute Gasteiger partial charge is 0.434 e. The Kier molecular flexibility index (Phi) is 5.52. The summed E-state index contributed by atoms with van der Waals surface area (Å²) in [6.45, 7) is 10.5. The Balaban J connectivity index is 1.86. The molecule has 1 fully saturated rings. The summed E-state index contributed by atoms with van der Waals surface area (Å²) in [5.41, 5.74) is 4.90. The van der Waals surface area contributed by atoms with Crippen LogP contribution in [0.4, 0.5) is 16.3 Å². The number of rotatable bonds is 2. The van der Waals surface area contributed by atoms with Crippen molar-refractivity contribution in [2.24, 2.45) is 4.99 Å². The second-order valence-electron chi connectivity index (χ2n) is 7.69. The molecule has 2 heterocycles. The molecule has 1 N–H and O–H groups in total. The van der Waals surface area contributed by atoms with E-state index in [4.69, 9.17) is 4.74 Å². The predicted molar refractivity (Wildman–Crippen MR) is 114 cm³/mol. The summed E-state index contributed by atoms with van der Waals surface area (Å²) >= 11 is 0. The van der Waals surface area contributed by atoms with Crippen molar-refractivity contribution in [2.75, 3.05) is 30.4 Å². The SMILES string of the molecule is C=C=C1CN(c2nccc3cc(NC)ccc23)CC/C1=N\C(=O)OC(C)(C)C. The molecule has 28 heavy (non-hydrogen) atoms. The molecule has 1 aliphatic rings. The summed E-state index contributed by atoms with van der Waals surface area (Å²) in [5.74, 6) is 0.907. The number of ether oxygens (including phenoxy) is 1. The van der Waals surface area contributed by atoms with Gasteiger partial charge in [-0.2, -0.15) is 4.99 Å². The van der Waals surface area contributed by atoms with Gasteiger partial charge in [-0.3, -0.25) is 0 Å². The van der Waals surface area contributed by atoms with E-state index in [1.165, 1.54) is 0 Å². The zero-order chi connectivity index (χ0) is 20.3. The van der Waals surface area contributed by atoms with Crippen LogP contribution in [-0.2, 0) is 4.74 Å². The van der Waals surface area contributed by atoms with E-state index >= 15 is 0 Å². The lowest BCUT2D eigenvalue weighted by molar-refractivity contribution is 0.0604. The largest absolute Gasteiger partial charge is 0.442 e. The Hall–Kier alpha value is -3.11. The number of carbonyl (C=O) groups is 1. The van der Waals surface area contributed by atoms with E-state index < -0.39 is 11.7 Å². The summed E-state index contributed by atoms with van der Waals surface area (Å²) in [7, 11) is 1.90. The minimum atomic E-state index is -0.577. The number of pyridine rings is 1. The fraction of sp³-hybridized carbons (Fsp3) is 0.364. The lowest BCUT2D eigenvalue weighted by Crippen LogP contribution is -2.37. The molecule has 146 valence electrons. The number of amides is 1. The van der Waals surface area contributed by atoms with Crippen LogP contribution in [0.5, 0.6) is 0 Å². The van der Waals surface area contributed by atoms with Gasteiger partial charge in [0.15, 0.2) is 0 Å². The maximum Gasteiger partial charge on any atom is 0.434 e.